The topological polar surface area (TPSA) is 41.1 Å². The lowest BCUT2D eigenvalue weighted by Crippen LogP contribution is -2.31. The highest BCUT2D eigenvalue weighted by atomic mass is 16.2. The molecule has 0 saturated carbocycles. The molecule has 0 aromatic carbocycles. The van der Waals surface area contributed by atoms with E-state index >= 15 is 0 Å². The molecule has 3 heteroatoms. The van der Waals surface area contributed by atoms with Crippen molar-refractivity contribution in [1.29, 1.82) is 0 Å². The predicted molar refractivity (Wildman–Crippen MR) is 39.8 cm³/mol. The van der Waals surface area contributed by atoms with Gasteiger partial charge < -0.3 is 10.6 Å². The van der Waals surface area contributed by atoms with Crippen LogP contribution >= 0.6 is 0 Å². The quantitative estimate of drug-likeness (QED) is 0.589. The van der Waals surface area contributed by atoms with Crippen LogP contribution < -0.4 is 10.6 Å². The van der Waals surface area contributed by atoms with Crippen molar-refractivity contribution in [1.82, 2.24) is 10.6 Å². The third-order valence-corrected chi connectivity index (χ3v) is 2.00. The number of carbonyl (C=O) groups excluding carboxylic acids is 1. The number of hydrogen-bond donors (Lipinski definition) is 2. The molecule has 2 atom stereocenters. The summed E-state index contributed by atoms with van der Waals surface area (Å²) < 4.78 is 0. The smallest absolute Gasteiger partial charge is 0.315 e. The first kappa shape index (κ1) is 7.38. The fraction of sp³-hybridized carbons (Fsp3) is 0.857. The van der Waals surface area contributed by atoms with Crippen LogP contribution in [0, 0.1) is 0 Å². The Bertz CT molecular complexity index is 122. The molecule has 3 nitrogen and oxygen atoms in total. The third-order valence-electron chi connectivity index (χ3n) is 2.00. The maximum atomic E-state index is 10.8. The molecule has 0 aliphatic carbocycles. The van der Waals surface area contributed by atoms with Gasteiger partial charge in [-0.3, -0.25) is 0 Å². The number of nitrogens with one attached hydrogen (secondary N) is 2. The summed E-state index contributed by atoms with van der Waals surface area (Å²) in [6.07, 6.45) is 2.02. The zero-order chi connectivity index (χ0) is 7.56. The summed E-state index contributed by atoms with van der Waals surface area (Å²) in [6, 6.07) is 0.675. The molecule has 2 N–H and O–H groups in total. The molecule has 0 spiro atoms. The highest BCUT2D eigenvalue weighted by Gasteiger charge is 2.27. The van der Waals surface area contributed by atoms with E-state index in [0.29, 0.717) is 12.1 Å². The molecule has 0 aromatic rings. The molecule has 2 amide bonds. The van der Waals surface area contributed by atoms with Crippen molar-refractivity contribution in [3.05, 3.63) is 0 Å². The number of rotatable bonds is 2. The van der Waals surface area contributed by atoms with E-state index in [2.05, 4.69) is 24.5 Å². The van der Waals surface area contributed by atoms with Crippen LogP contribution in [0.15, 0.2) is 0 Å². The van der Waals surface area contributed by atoms with E-state index in [1.807, 2.05) is 0 Å². The maximum absolute atomic E-state index is 10.8. The average Bonchev–Trinajstić information content (AvgIpc) is 2.30. The van der Waals surface area contributed by atoms with Gasteiger partial charge in [0.1, 0.15) is 0 Å². The Balaban J connectivity index is 2.48. The van der Waals surface area contributed by atoms with E-state index in [9.17, 15) is 4.79 Å². The fourth-order valence-corrected chi connectivity index (χ4v) is 1.35. The first-order chi connectivity index (χ1) is 4.77. The Labute approximate surface area is 61.2 Å². The molecule has 1 heterocycles. The summed E-state index contributed by atoms with van der Waals surface area (Å²) in [4.78, 5) is 10.8. The zero-order valence-electron chi connectivity index (χ0n) is 6.48. The average molecular weight is 142 g/mol. The Kier molecular flexibility index (Phi) is 2.14. The molecule has 0 bridgehead atoms. The minimum absolute atomic E-state index is 0.0151. The van der Waals surface area contributed by atoms with Crippen molar-refractivity contribution >= 4 is 6.03 Å². The summed E-state index contributed by atoms with van der Waals surface area (Å²) in [7, 11) is 0. The Hall–Kier alpha value is -0.730. The second-order valence-corrected chi connectivity index (χ2v) is 2.65. The van der Waals surface area contributed by atoms with E-state index in [0.717, 1.165) is 12.8 Å². The summed E-state index contributed by atoms with van der Waals surface area (Å²) in [6.45, 7) is 4.17. The minimum atomic E-state index is -0.0151. The van der Waals surface area contributed by atoms with Crippen LogP contribution in [0.4, 0.5) is 4.79 Å². The van der Waals surface area contributed by atoms with Crippen LogP contribution in [-0.4, -0.2) is 18.1 Å². The van der Waals surface area contributed by atoms with Gasteiger partial charge in [-0.05, 0) is 12.8 Å². The van der Waals surface area contributed by atoms with Crippen LogP contribution in [0.5, 0.6) is 0 Å². The lowest BCUT2D eigenvalue weighted by Gasteiger charge is -2.13. The summed E-state index contributed by atoms with van der Waals surface area (Å²) >= 11 is 0. The molecule has 10 heavy (non-hydrogen) atoms. The highest BCUT2D eigenvalue weighted by Crippen LogP contribution is 2.07. The van der Waals surface area contributed by atoms with Crippen LogP contribution in [0.3, 0.4) is 0 Å². The Morgan fingerprint density at radius 3 is 1.90 bits per heavy atom. The molecule has 1 aliphatic heterocycles. The lowest BCUT2D eigenvalue weighted by molar-refractivity contribution is 0.247. The lowest BCUT2D eigenvalue weighted by atomic mass is 10.1. The van der Waals surface area contributed by atoms with E-state index in [1.54, 1.807) is 0 Å². The number of amides is 2. The summed E-state index contributed by atoms with van der Waals surface area (Å²) in [5.41, 5.74) is 0. The minimum Gasteiger partial charge on any atom is -0.333 e. The summed E-state index contributed by atoms with van der Waals surface area (Å²) in [5, 5.41) is 5.71. The first-order valence-electron chi connectivity index (χ1n) is 3.85. The van der Waals surface area contributed by atoms with Crippen LogP contribution in [0.2, 0.25) is 0 Å². The van der Waals surface area contributed by atoms with E-state index in [1.165, 1.54) is 0 Å². The van der Waals surface area contributed by atoms with Gasteiger partial charge in [0.25, 0.3) is 0 Å². The second-order valence-electron chi connectivity index (χ2n) is 2.65. The van der Waals surface area contributed by atoms with Gasteiger partial charge in [0.15, 0.2) is 0 Å². The van der Waals surface area contributed by atoms with Crippen LogP contribution in [0.1, 0.15) is 26.7 Å². The van der Waals surface area contributed by atoms with Crippen LogP contribution in [-0.2, 0) is 0 Å². The molecule has 1 aliphatic rings. The number of carbonyl (C=O) groups is 1. The molecule has 1 saturated heterocycles. The third kappa shape index (κ3) is 1.23. The predicted octanol–water partition coefficient (Wildman–Crippen LogP) is 0.856. The van der Waals surface area contributed by atoms with E-state index < -0.39 is 0 Å². The maximum Gasteiger partial charge on any atom is 0.315 e. The van der Waals surface area contributed by atoms with Gasteiger partial charge in [0.05, 0.1) is 12.1 Å². The molecular formula is C7H14N2O. The molecule has 58 valence electrons. The summed E-state index contributed by atoms with van der Waals surface area (Å²) in [5.74, 6) is 0. The monoisotopic (exact) mass is 142 g/mol. The van der Waals surface area contributed by atoms with Gasteiger partial charge in [-0.2, -0.15) is 0 Å². The van der Waals surface area contributed by atoms with Gasteiger partial charge in [-0.15, -0.1) is 0 Å². The fourth-order valence-electron chi connectivity index (χ4n) is 1.35. The largest absolute Gasteiger partial charge is 0.333 e. The van der Waals surface area contributed by atoms with Gasteiger partial charge in [-0.1, -0.05) is 13.8 Å². The van der Waals surface area contributed by atoms with Crippen LogP contribution in [0.25, 0.3) is 0 Å². The van der Waals surface area contributed by atoms with E-state index in [4.69, 9.17) is 0 Å². The normalized spacial score (nSPS) is 31.6. The Morgan fingerprint density at radius 1 is 1.20 bits per heavy atom. The zero-order valence-corrected chi connectivity index (χ0v) is 6.48. The molecular weight excluding hydrogens is 128 g/mol. The van der Waals surface area contributed by atoms with Crippen molar-refractivity contribution in [2.45, 2.75) is 38.8 Å². The molecule has 0 aromatic heterocycles. The van der Waals surface area contributed by atoms with Gasteiger partial charge in [0.2, 0.25) is 0 Å². The first-order valence-corrected chi connectivity index (χ1v) is 3.85. The molecule has 1 fully saturated rings. The Morgan fingerprint density at radius 2 is 1.60 bits per heavy atom. The van der Waals surface area contributed by atoms with Crippen molar-refractivity contribution < 1.29 is 4.79 Å². The van der Waals surface area contributed by atoms with E-state index in [-0.39, 0.29) is 6.03 Å². The number of hydrogen-bond acceptors (Lipinski definition) is 1. The SMILES string of the molecule is CCC1NC(=O)NC1CC. The van der Waals surface area contributed by atoms with Crippen molar-refractivity contribution in [3.8, 4) is 0 Å². The standard InChI is InChI=1S/C7H14N2O/c1-3-5-6(4-2)9-7(10)8-5/h5-6H,3-4H2,1-2H3,(H2,8,9,10). The van der Waals surface area contributed by atoms with Crippen molar-refractivity contribution in [2.24, 2.45) is 0 Å². The second kappa shape index (κ2) is 2.90. The van der Waals surface area contributed by atoms with Crippen molar-refractivity contribution in [2.75, 3.05) is 0 Å². The number of urea groups is 1. The molecule has 0 radical (unpaired) electrons. The highest BCUT2D eigenvalue weighted by molar-refractivity contribution is 5.77. The molecule has 2 unspecified atom stereocenters. The van der Waals surface area contributed by atoms with Crippen molar-refractivity contribution in [3.63, 3.8) is 0 Å². The van der Waals surface area contributed by atoms with Gasteiger partial charge in [0, 0.05) is 0 Å². The van der Waals surface area contributed by atoms with Gasteiger partial charge >= 0.3 is 6.03 Å². The van der Waals surface area contributed by atoms with Gasteiger partial charge in [-0.25, -0.2) is 4.79 Å². The molecule has 1 rings (SSSR count).